The predicted octanol–water partition coefficient (Wildman–Crippen LogP) is 0.947. The number of nitrogens with zero attached hydrogens (tertiary/aromatic N) is 1. The molecule has 0 amide bonds. The maximum absolute atomic E-state index is 5.73. The lowest BCUT2D eigenvalue weighted by molar-refractivity contribution is -0.118. The van der Waals surface area contributed by atoms with Crippen molar-refractivity contribution in [1.29, 1.82) is 0 Å². The topological polar surface area (TPSA) is 47.7 Å². The first-order chi connectivity index (χ1) is 7.77. The Hall–Kier alpha value is -1.17. The molecule has 16 heavy (non-hydrogen) atoms. The number of hydroxylamine groups is 2. The fraction of sp³-hybridized carbons (Fsp3) is 0.364. The highest BCUT2D eigenvalue weighted by atomic mass is 32.1. The van der Waals surface area contributed by atoms with E-state index in [0.717, 1.165) is 18.7 Å². The number of nitrogens with two attached hydrogens (primary N) is 1. The van der Waals surface area contributed by atoms with Crippen LogP contribution in [0.2, 0.25) is 0 Å². The number of hydrogen-bond donors (Lipinski definition) is 1. The number of morpholine rings is 1. The Morgan fingerprint density at radius 1 is 1.31 bits per heavy atom. The van der Waals surface area contributed by atoms with Gasteiger partial charge in [-0.05, 0) is 12.1 Å². The number of hydrogen-bond acceptors (Lipinski definition) is 4. The molecule has 0 aliphatic carbocycles. The molecule has 1 heterocycles. The Bertz CT molecular complexity index is 378. The second kappa shape index (κ2) is 5.25. The van der Waals surface area contributed by atoms with Crippen LogP contribution in [-0.2, 0) is 4.74 Å². The first kappa shape index (κ1) is 11.3. The van der Waals surface area contributed by atoms with E-state index >= 15 is 0 Å². The van der Waals surface area contributed by atoms with Crippen molar-refractivity contribution in [2.75, 3.05) is 26.3 Å². The molecular formula is C11H14N2O2S. The van der Waals surface area contributed by atoms with Gasteiger partial charge in [0, 0.05) is 0 Å². The van der Waals surface area contributed by atoms with Gasteiger partial charge in [-0.25, -0.2) is 0 Å². The summed E-state index contributed by atoms with van der Waals surface area (Å²) in [5, 5.41) is 1.86. The summed E-state index contributed by atoms with van der Waals surface area (Å²) < 4.78 is 5.24. The maximum atomic E-state index is 5.73. The fourth-order valence-electron chi connectivity index (χ4n) is 1.53. The highest BCUT2D eigenvalue weighted by Crippen LogP contribution is 2.19. The fourth-order valence-corrected chi connectivity index (χ4v) is 1.70. The van der Waals surface area contributed by atoms with Crippen LogP contribution in [0.3, 0.4) is 0 Å². The van der Waals surface area contributed by atoms with Gasteiger partial charge in [-0.3, -0.25) is 0 Å². The molecule has 2 rings (SSSR count). The van der Waals surface area contributed by atoms with Crippen LogP contribution >= 0.6 is 12.2 Å². The molecule has 0 unspecified atom stereocenters. The lowest BCUT2D eigenvalue weighted by atomic mass is 10.2. The molecule has 1 aliphatic heterocycles. The van der Waals surface area contributed by atoms with Crippen molar-refractivity contribution >= 4 is 17.2 Å². The first-order valence-electron chi connectivity index (χ1n) is 5.17. The van der Waals surface area contributed by atoms with Crippen LogP contribution in [0.25, 0.3) is 0 Å². The zero-order valence-electron chi connectivity index (χ0n) is 8.89. The number of rotatable bonds is 3. The van der Waals surface area contributed by atoms with Gasteiger partial charge in [0.05, 0.1) is 31.9 Å². The molecule has 0 spiro atoms. The summed E-state index contributed by atoms with van der Waals surface area (Å²) in [4.78, 5) is 6.08. The van der Waals surface area contributed by atoms with Gasteiger partial charge in [0.2, 0.25) is 0 Å². The molecule has 0 aromatic heterocycles. The van der Waals surface area contributed by atoms with Gasteiger partial charge >= 0.3 is 0 Å². The number of ether oxygens (including phenoxy) is 1. The molecule has 1 saturated heterocycles. The Balaban J connectivity index is 2.10. The first-order valence-corrected chi connectivity index (χ1v) is 5.57. The summed E-state index contributed by atoms with van der Waals surface area (Å²) in [6.07, 6.45) is 0. The van der Waals surface area contributed by atoms with Crippen molar-refractivity contribution in [3.05, 3.63) is 29.8 Å². The van der Waals surface area contributed by atoms with E-state index in [4.69, 9.17) is 27.5 Å². The zero-order valence-corrected chi connectivity index (χ0v) is 9.70. The average Bonchev–Trinajstić information content (AvgIpc) is 2.31. The van der Waals surface area contributed by atoms with E-state index in [2.05, 4.69) is 0 Å². The van der Waals surface area contributed by atoms with Crippen molar-refractivity contribution in [3.8, 4) is 5.75 Å². The third kappa shape index (κ3) is 2.69. The van der Waals surface area contributed by atoms with Crippen LogP contribution in [0.5, 0.6) is 5.75 Å². The number of thiocarbonyl (C=S) groups is 1. The molecule has 0 radical (unpaired) electrons. The van der Waals surface area contributed by atoms with E-state index in [1.165, 1.54) is 0 Å². The minimum absolute atomic E-state index is 0.351. The van der Waals surface area contributed by atoms with E-state index in [9.17, 15) is 0 Å². The smallest absolute Gasteiger partial charge is 0.157 e. The van der Waals surface area contributed by atoms with Crippen LogP contribution < -0.4 is 10.6 Å². The monoisotopic (exact) mass is 238 g/mol. The van der Waals surface area contributed by atoms with Gasteiger partial charge in [0.25, 0.3) is 0 Å². The molecule has 1 aromatic carbocycles. The molecule has 2 N–H and O–H groups in total. The Morgan fingerprint density at radius 2 is 2.00 bits per heavy atom. The van der Waals surface area contributed by atoms with Crippen LogP contribution in [0.4, 0.5) is 0 Å². The largest absolute Gasteiger partial charge is 0.405 e. The Kier molecular flexibility index (Phi) is 3.71. The van der Waals surface area contributed by atoms with Crippen molar-refractivity contribution in [3.63, 3.8) is 0 Å². The molecule has 0 saturated carbocycles. The van der Waals surface area contributed by atoms with E-state index in [0.29, 0.717) is 24.0 Å². The Labute approximate surface area is 99.9 Å². The van der Waals surface area contributed by atoms with Crippen molar-refractivity contribution in [2.45, 2.75) is 0 Å². The molecule has 4 nitrogen and oxygen atoms in total. The van der Waals surface area contributed by atoms with Crippen LogP contribution in [0.15, 0.2) is 24.3 Å². The zero-order chi connectivity index (χ0) is 11.4. The lowest BCUT2D eigenvalue weighted by Gasteiger charge is -2.26. The summed E-state index contributed by atoms with van der Waals surface area (Å²) in [5.41, 5.74) is 6.40. The molecule has 1 fully saturated rings. The molecule has 0 atom stereocenters. The molecule has 1 aromatic rings. The SMILES string of the molecule is NC(=S)c1ccccc1ON1CCOCC1. The maximum Gasteiger partial charge on any atom is 0.157 e. The summed E-state index contributed by atoms with van der Waals surface area (Å²) in [6.45, 7) is 2.89. The van der Waals surface area contributed by atoms with E-state index < -0.39 is 0 Å². The number of para-hydroxylation sites is 1. The lowest BCUT2D eigenvalue weighted by Crippen LogP contribution is -2.39. The summed E-state index contributed by atoms with van der Waals surface area (Å²) in [7, 11) is 0. The van der Waals surface area contributed by atoms with Gasteiger partial charge < -0.3 is 15.3 Å². The van der Waals surface area contributed by atoms with Crippen molar-refractivity contribution in [2.24, 2.45) is 5.73 Å². The van der Waals surface area contributed by atoms with Crippen LogP contribution in [0, 0.1) is 0 Å². The quantitative estimate of drug-likeness (QED) is 0.794. The molecule has 0 bridgehead atoms. The summed E-state index contributed by atoms with van der Waals surface area (Å²) in [6, 6.07) is 7.51. The third-order valence-electron chi connectivity index (χ3n) is 2.35. The van der Waals surface area contributed by atoms with Crippen LogP contribution in [0.1, 0.15) is 5.56 Å². The van der Waals surface area contributed by atoms with Gasteiger partial charge in [0.15, 0.2) is 5.75 Å². The Morgan fingerprint density at radius 3 is 2.69 bits per heavy atom. The molecule has 86 valence electrons. The van der Waals surface area contributed by atoms with E-state index in [-0.39, 0.29) is 0 Å². The second-order valence-electron chi connectivity index (χ2n) is 3.49. The van der Waals surface area contributed by atoms with E-state index in [1.54, 1.807) is 0 Å². The third-order valence-corrected chi connectivity index (χ3v) is 2.57. The second-order valence-corrected chi connectivity index (χ2v) is 3.93. The van der Waals surface area contributed by atoms with Gasteiger partial charge in [-0.15, -0.1) is 5.06 Å². The number of benzene rings is 1. The van der Waals surface area contributed by atoms with Gasteiger partial charge in [0.1, 0.15) is 4.99 Å². The minimum atomic E-state index is 0.351. The molecule has 1 aliphatic rings. The van der Waals surface area contributed by atoms with Crippen molar-refractivity contribution in [1.82, 2.24) is 5.06 Å². The predicted molar refractivity (Wildman–Crippen MR) is 65.3 cm³/mol. The standard InChI is InChI=1S/C11H14N2O2S/c12-11(16)9-3-1-2-4-10(9)15-13-5-7-14-8-6-13/h1-4H,5-8H2,(H2,12,16). The normalized spacial score (nSPS) is 17.0. The van der Waals surface area contributed by atoms with Gasteiger partial charge in [-0.1, -0.05) is 24.4 Å². The highest BCUT2D eigenvalue weighted by Gasteiger charge is 2.14. The van der Waals surface area contributed by atoms with Crippen LogP contribution in [-0.4, -0.2) is 36.4 Å². The summed E-state index contributed by atoms with van der Waals surface area (Å²) in [5.74, 6) is 0.705. The van der Waals surface area contributed by atoms with E-state index in [1.807, 2.05) is 29.3 Å². The highest BCUT2D eigenvalue weighted by molar-refractivity contribution is 7.80. The van der Waals surface area contributed by atoms with Crippen molar-refractivity contribution < 1.29 is 9.57 Å². The van der Waals surface area contributed by atoms with Gasteiger partial charge in [-0.2, -0.15) is 0 Å². The minimum Gasteiger partial charge on any atom is -0.405 e. The molecule has 5 heteroatoms. The average molecular weight is 238 g/mol. The molecular weight excluding hydrogens is 224 g/mol. The summed E-state index contributed by atoms with van der Waals surface area (Å²) >= 11 is 4.97.